The minimum Gasteiger partial charge on any atom is -0.457 e. The lowest BCUT2D eigenvalue weighted by molar-refractivity contribution is -0.137. The minimum atomic E-state index is -4.57. The van der Waals surface area contributed by atoms with Crippen molar-refractivity contribution in [3.05, 3.63) is 71.0 Å². The number of fused-ring (bicyclic) bond motifs is 1. The number of imidazole rings is 1. The third-order valence-corrected chi connectivity index (χ3v) is 7.74. The summed E-state index contributed by atoms with van der Waals surface area (Å²) < 4.78 is 52.8. The van der Waals surface area contributed by atoms with Crippen molar-refractivity contribution in [2.24, 2.45) is 13.0 Å². The molecular formula is C30H31ClF3N5O3. The molecule has 2 aromatic carbocycles. The number of ether oxygens (including phenoxy) is 2. The summed E-state index contributed by atoms with van der Waals surface area (Å²) in [7, 11) is 3.45. The Bertz CT molecular complexity index is 1570. The van der Waals surface area contributed by atoms with Gasteiger partial charge in [-0.3, -0.25) is 9.78 Å². The maximum absolute atomic E-state index is 13.3. The number of rotatable bonds is 10. The highest BCUT2D eigenvalue weighted by Gasteiger charge is 2.33. The summed E-state index contributed by atoms with van der Waals surface area (Å²) in [5.41, 5.74) is 1.27. The van der Waals surface area contributed by atoms with E-state index in [1.165, 1.54) is 12.1 Å². The zero-order valence-electron chi connectivity index (χ0n) is 23.2. The van der Waals surface area contributed by atoms with E-state index in [0.717, 1.165) is 44.1 Å². The molecule has 3 heterocycles. The summed E-state index contributed by atoms with van der Waals surface area (Å²) in [5.74, 6) is 1.62. The van der Waals surface area contributed by atoms with Crippen molar-refractivity contribution < 1.29 is 27.4 Å². The third-order valence-electron chi connectivity index (χ3n) is 7.41. The predicted molar refractivity (Wildman–Crippen MR) is 155 cm³/mol. The molecule has 0 amide bonds. The Morgan fingerprint density at radius 1 is 1.10 bits per heavy atom. The Labute approximate surface area is 246 Å². The second-order valence-corrected chi connectivity index (χ2v) is 10.7. The molecule has 0 saturated carbocycles. The highest BCUT2D eigenvalue weighted by atomic mass is 35.5. The molecule has 0 atom stereocenters. The number of carbonyl (C=O) groups is 1. The van der Waals surface area contributed by atoms with Gasteiger partial charge in [0.2, 0.25) is 5.95 Å². The number of anilines is 2. The molecule has 1 aliphatic rings. The van der Waals surface area contributed by atoms with Gasteiger partial charge < -0.3 is 24.3 Å². The number of carbonyl (C=O) groups excluding carboxylic acids is 1. The number of benzene rings is 2. The lowest BCUT2D eigenvalue weighted by Gasteiger charge is -2.30. The lowest BCUT2D eigenvalue weighted by atomic mass is 9.90. The van der Waals surface area contributed by atoms with Crippen LogP contribution in [0.15, 0.2) is 54.7 Å². The van der Waals surface area contributed by atoms with E-state index >= 15 is 0 Å². The third kappa shape index (κ3) is 7.03. The van der Waals surface area contributed by atoms with Crippen molar-refractivity contribution in [1.29, 1.82) is 0 Å². The summed E-state index contributed by atoms with van der Waals surface area (Å²) >= 11 is 5.74. The summed E-state index contributed by atoms with van der Waals surface area (Å²) in [4.78, 5) is 24.2. The van der Waals surface area contributed by atoms with Crippen LogP contribution in [-0.4, -0.2) is 58.6 Å². The van der Waals surface area contributed by atoms with Gasteiger partial charge in [0.25, 0.3) is 0 Å². The Kier molecular flexibility index (Phi) is 9.00. The van der Waals surface area contributed by atoms with Gasteiger partial charge in [0.1, 0.15) is 17.3 Å². The van der Waals surface area contributed by atoms with Crippen molar-refractivity contribution in [3.8, 4) is 11.5 Å². The number of likely N-dealkylation sites (tertiary alicyclic amines) is 1. The molecule has 0 spiro atoms. The van der Waals surface area contributed by atoms with Crippen LogP contribution in [0.3, 0.4) is 0 Å². The molecule has 42 heavy (non-hydrogen) atoms. The second-order valence-electron chi connectivity index (χ2n) is 10.3. The number of nitrogens with one attached hydrogen (secondary N) is 1. The standard InChI is InChI=1S/C30H31ClF3N5O3/c1-38-27-6-4-22(18-26(27)37-29(38)36-20-3-5-25(31)24(16-20)30(32,33)34)42-23-7-10-35-21(15-23)17-28(40)19-8-11-39(12-9-19)13-14-41-2/h3-7,10,15-16,18-19H,8-9,11-14,17H2,1-2H3,(H,36,37). The fourth-order valence-electron chi connectivity index (χ4n) is 5.08. The van der Waals surface area contributed by atoms with Gasteiger partial charge in [0.15, 0.2) is 0 Å². The smallest absolute Gasteiger partial charge is 0.417 e. The molecule has 1 aliphatic heterocycles. The SMILES string of the molecule is COCCN1CCC(C(=O)Cc2cc(Oc3ccc4c(c3)nc(Nc3ccc(Cl)c(C(F)(F)F)c3)n4C)ccn2)CC1. The van der Waals surface area contributed by atoms with Gasteiger partial charge in [0, 0.05) is 57.1 Å². The van der Waals surface area contributed by atoms with Crippen LogP contribution in [-0.2, 0) is 29.2 Å². The molecule has 1 fully saturated rings. The maximum atomic E-state index is 13.3. The normalized spacial score (nSPS) is 14.8. The number of ketones is 1. The maximum Gasteiger partial charge on any atom is 0.417 e. The molecule has 2 aromatic heterocycles. The summed E-state index contributed by atoms with van der Waals surface area (Å²) in [6.45, 7) is 3.34. The molecule has 0 aliphatic carbocycles. The van der Waals surface area contributed by atoms with Crippen molar-refractivity contribution in [2.45, 2.75) is 25.4 Å². The van der Waals surface area contributed by atoms with E-state index in [4.69, 9.17) is 21.1 Å². The number of halogens is 4. The largest absolute Gasteiger partial charge is 0.457 e. The van der Waals surface area contributed by atoms with Crippen molar-refractivity contribution in [1.82, 2.24) is 19.4 Å². The number of alkyl halides is 3. The fraction of sp³-hybridized carbons (Fsp3) is 0.367. The first-order valence-corrected chi connectivity index (χ1v) is 14.0. The van der Waals surface area contributed by atoms with E-state index in [1.807, 2.05) is 6.07 Å². The van der Waals surface area contributed by atoms with Crippen LogP contribution in [0.1, 0.15) is 24.1 Å². The predicted octanol–water partition coefficient (Wildman–Crippen LogP) is 6.65. The average Bonchev–Trinajstić information content (AvgIpc) is 3.26. The van der Waals surface area contributed by atoms with Crippen molar-refractivity contribution in [3.63, 3.8) is 0 Å². The number of pyridine rings is 1. The first kappa shape index (κ1) is 29.8. The highest BCUT2D eigenvalue weighted by Crippen LogP contribution is 2.37. The molecule has 0 bridgehead atoms. The molecular weight excluding hydrogens is 571 g/mol. The van der Waals surface area contributed by atoms with E-state index in [1.54, 1.807) is 49.2 Å². The van der Waals surface area contributed by atoms with E-state index in [9.17, 15) is 18.0 Å². The monoisotopic (exact) mass is 601 g/mol. The second kappa shape index (κ2) is 12.7. The van der Waals surface area contributed by atoms with Gasteiger partial charge in [-0.2, -0.15) is 13.2 Å². The molecule has 4 aromatic rings. The molecule has 1 saturated heterocycles. The Morgan fingerprint density at radius 2 is 1.86 bits per heavy atom. The Balaban J connectivity index is 1.24. The van der Waals surface area contributed by atoms with E-state index in [2.05, 4.69) is 20.2 Å². The van der Waals surface area contributed by atoms with Crippen LogP contribution in [0.5, 0.6) is 11.5 Å². The number of methoxy groups -OCH3 is 1. The number of hydrogen-bond acceptors (Lipinski definition) is 7. The van der Waals surface area contributed by atoms with E-state index in [0.29, 0.717) is 35.3 Å². The van der Waals surface area contributed by atoms with Crippen LogP contribution in [0.25, 0.3) is 11.0 Å². The van der Waals surface area contributed by atoms with Gasteiger partial charge >= 0.3 is 6.18 Å². The van der Waals surface area contributed by atoms with E-state index in [-0.39, 0.29) is 28.8 Å². The average molecular weight is 602 g/mol. The van der Waals surface area contributed by atoms with Crippen molar-refractivity contribution >= 4 is 40.1 Å². The van der Waals surface area contributed by atoms with Crippen LogP contribution in [0, 0.1) is 5.92 Å². The first-order chi connectivity index (χ1) is 20.1. The summed E-state index contributed by atoms with van der Waals surface area (Å²) in [6.07, 6.45) is -1.04. The molecule has 222 valence electrons. The topological polar surface area (TPSA) is 81.5 Å². The number of hydrogen-bond donors (Lipinski definition) is 1. The highest BCUT2D eigenvalue weighted by molar-refractivity contribution is 6.31. The molecule has 1 N–H and O–H groups in total. The Morgan fingerprint density at radius 3 is 2.60 bits per heavy atom. The fourth-order valence-corrected chi connectivity index (χ4v) is 5.30. The van der Waals surface area contributed by atoms with Gasteiger partial charge in [-0.1, -0.05) is 11.6 Å². The molecule has 8 nitrogen and oxygen atoms in total. The summed E-state index contributed by atoms with van der Waals surface area (Å²) in [6, 6.07) is 12.4. The number of Topliss-reactive ketones (excluding diaryl/α,β-unsaturated/α-hetero) is 1. The van der Waals surface area contributed by atoms with Crippen LogP contribution in [0.4, 0.5) is 24.8 Å². The molecule has 5 rings (SSSR count). The Hall–Kier alpha value is -3.67. The molecule has 12 heteroatoms. The quantitative estimate of drug-likeness (QED) is 0.218. The van der Waals surface area contributed by atoms with Crippen LogP contribution in [0.2, 0.25) is 5.02 Å². The van der Waals surface area contributed by atoms with Gasteiger partial charge in [-0.15, -0.1) is 0 Å². The molecule has 0 unspecified atom stereocenters. The van der Waals surface area contributed by atoms with Gasteiger partial charge in [0.05, 0.1) is 33.9 Å². The van der Waals surface area contributed by atoms with Crippen LogP contribution >= 0.6 is 11.6 Å². The van der Waals surface area contributed by atoms with Gasteiger partial charge in [-0.05, 0) is 62.3 Å². The zero-order chi connectivity index (χ0) is 29.9. The number of piperidine rings is 1. The molecule has 0 radical (unpaired) electrons. The minimum absolute atomic E-state index is 0.0254. The van der Waals surface area contributed by atoms with Crippen molar-refractivity contribution in [2.75, 3.05) is 38.7 Å². The first-order valence-electron chi connectivity index (χ1n) is 13.6. The number of aromatic nitrogens is 3. The van der Waals surface area contributed by atoms with E-state index < -0.39 is 11.7 Å². The van der Waals surface area contributed by atoms with Crippen LogP contribution < -0.4 is 10.1 Å². The zero-order valence-corrected chi connectivity index (χ0v) is 24.0. The number of nitrogens with zero attached hydrogens (tertiary/aromatic N) is 4. The van der Waals surface area contributed by atoms with Gasteiger partial charge in [-0.25, -0.2) is 4.98 Å². The number of aryl methyl sites for hydroxylation is 1. The lowest BCUT2D eigenvalue weighted by Crippen LogP contribution is -2.38. The summed E-state index contributed by atoms with van der Waals surface area (Å²) in [5, 5.41) is 2.57.